The molecule has 2 aliphatic rings. The smallest absolute Gasteiger partial charge is 0.213 e. The Labute approximate surface area is 153 Å². The van der Waals surface area contributed by atoms with Crippen LogP contribution in [-0.4, -0.2) is 56.3 Å². The molecule has 2 aromatic heterocycles. The van der Waals surface area contributed by atoms with E-state index in [0.29, 0.717) is 13.1 Å². The number of hydrogen-bond acceptors (Lipinski definition) is 6. The van der Waals surface area contributed by atoms with Crippen molar-refractivity contribution in [1.29, 1.82) is 0 Å². The highest BCUT2D eigenvalue weighted by Gasteiger charge is 2.39. The summed E-state index contributed by atoms with van der Waals surface area (Å²) in [7, 11) is -3.08. The molecule has 0 saturated carbocycles. The Kier molecular flexibility index (Phi) is 4.52. The van der Waals surface area contributed by atoms with Crippen LogP contribution in [0.4, 0.5) is 0 Å². The lowest BCUT2D eigenvalue weighted by Gasteiger charge is -2.40. The van der Waals surface area contributed by atoms with E-state index in [1.54, 1.807) is 29.8 Å². The first-order valence-corrected chi connectivity index (χ1v) is 10.8. The van der Waals surface area contributed by atoms with E-state index in [4.69, 9.17) is 0 Å². The normalized spacial score (nSPS) is 20.7. The van der Waals surface area contributed by atoms with Gasteiger partial charge in [0.05, 0.1) is 11.9 Å². The summed E-state index contributed by atoms with van der Waals surface area (Å²) in [4.78, 5) is 8.48. The van der Waals surface area contributed by atoms with Crippen LogP contribution in [0.25, 0.3) is 11.5 Å². The second-order valence-corrected chi connectivity index (χ2v) is 9.49. The van der Waals surface area contributed by atoms with E-state index >= 15 is 0 Å². The number of rotatable bonds is 3. The van der Waals surface area contributed by atoms with E-state index in [1.165, 1.54) is 0 Å². The van der Waals surface area contributed by atoms with Gasteiger partial charge in [0.25, 0.3) is 0 Å². The topological polar surface area (TPSA) is 93.9 Å². The number of aromatic nitrogens is 5. The summed E-state index contributed by atoms with van der Waals surface area (Å²) in [6.07, 6.45) is 9.79. The molecule has 0 bridgehead atoms. The standard InChI is InChI=1S/C17H24N6O2S/c1-2-26(24,25)22-10-5-17(6-11-22)4-3-15-20-21-16(23(15)12-7-17)14-13-18-8-9-19-14/h8-9,13H,2-7,10-12H2,1H3. The van der Waals surface area contributed by atoms with Crippen molar-refractivity contribution >= 4 is 10.0 Å². The molecule has 0 radical (unpaired) electrons. The number of sulfonamides is 1. The zero-order valence-electron chi connectivity index (χ0n) is 15.0. The maximum Gasteiger partial charge on any atom is 0.213 e. The molecule has 0 N–H and O–H groups in total. The highest BCUT2D eigenvalue weighted by atomic mass is 32.2. The van der Waals surface area contributed by atoms with Crippen LogP contribution >= 0.6 is 0 Å². The monoisotopic (exact) mass is 376 g/mol. The highest BCUT2D eigenvalue weighted by Crippen LogP contribution is 2.42. The quantitative estimate of drug-likeness (QED) is 0.806. The van der Waals surface area contributed by atoms with E-state index in [1.807, 2.05) is 0 Å². The maximum absolute atomic E-state index is 12.1. The van der Waals surface area contributed by atoms with E-state index in [9.17, 15) is 8.42 Å². The molecule has 9 heteroatoms. The van der Waals surface area contributed by atoms with Gasteiger partial charge in [0.2, 0.25) is 10.0 Å². The van der Waals surface area contributed by atoms with E-state index in [0.717, 1.165) is 56.0 Å². The number of fused-ring (bicyclic) bond motifs is 1. The van der Waals surface area contributed by atoms with Gasteiger partial charge < -0.3 is 4.57 Å². The lowest BCUT2D eigenvalue weighted by Crippen LogP contribution is -2.43. The molecule has 0 aliphatic carbocycles. The van der Waals surface area contributed by atoms with Gasteiger partial charge in [0, 0.05) is 38.4 Å². The van der Waals surface area contributed by atoms with E-state index < -0.39 is 10.0 Å². The first-order valence-electron chi connectivity index (χ1n) is 9.19. The Morgan fingerprint density at radius 1 is 1.08 bits per heavy atom. The second-order valence-electron chi connectivity index (χ2n) is 7.23. The minimum atomic E-state index is -3.08. The van der Waals surface area contributed by atoms with Crippen LogP contribution in [0.3, 0.4) is 0 Å². The van der Waals surface area contributed by atoms with E-state index in [2.05, 4.69) is 24.7 Å². The molecule has 0 unspecified atom stereocenters. The third kappa shape index (κ3) is 3.14. The molecule has 0 aromatic carbocycles. The molecule has 1 spiro atoms. The summed E-state index contributed by atoms with van der Waals surface area (Å²) >= 11 is 0. The highest BCUT2D eigenvalue weighted by molar-refractivity contribution is 7.89. The minimum absolute atomic E-state index is 0.183. The fraction of sp³-hybridized carbons (Fsp3) is 0.647. The number of aryl methyl sites for hydroxylation is 1. The predicted octanol–water partition coefficient (Wildman–Crippen LogP) is 1.50. The van der Waals surface area contributed by atoms with Crippen molar-refractivity contribution in [3.8, 4) is 11.5 Å². The van der Waals surface area contributed by atoms with Gasteiger partial charge >= 0.3 is 0 Å². The Hall–Kier alpha value is -1.87. The van der Waals surface area contributed by atoms with Crippen molar-refractivity contribution in [2.75, 3.05) is 18.8 Å². The Bertz CT molecular complexity index is 872. The fourth-order valence-corrected chi connectivity index (χ4v) is 5.24. The lowest BCUT2D eigenvalue weighted by molar-refractivity contribution is 0.129. The Morgan fingerprint density at radius 3 is 2.54 bits per heavy atom. The SMILES string of the molecule is CCS(=O)(=O)N1CCC2(CCc3nnc(-c4cnccn4)n3CC2)CC1. The lowest BCUT2D eigenvalue weighted by atomic mass is 9.73. The summed E-state index contributed by atoms with van der Waals surface area (Å²) in [5.74, 6) is 1.95. The first-order chi connectivity index (χ1) is 12.5. The average molecular weight is 376 g/mol. The first kappa shape index (κ1) is 17.5. The van der Waals surface area contributed by atoms with Crippen molar-refractivity contribution in [1.82, 2.24) is 29.0 Å². The molecule has 4 heterocycles. The minimum Gasteiger partial charge on any atom is -0.310 e. The maximum atomic E-state index is 12.1. The molecule has 0 amide bonds. The van der Waals surface area contributed by atoms with Gasteiger partial charge in [0.15, 0.2) is 5.82 Å². The van der Waals surface area contributed by atoms with Gasteiger partial charge in [-0.3, -0.25) is 4.98 Å². The predicted molar refractivity (Wildman–Crippen MR) is 96.7 cm³/mol. The third-order valence-electron chi connectivity index (χ3n) is 5.91. The summed E-state index contributed by atoms with van der Waals surface area (Å²) in [5, 5.41) is 8.70. The largest absolute Gasteiger partial charge is 0.310 e. The molecule has 8 nitrogen and oxygen atoms in total. The molecule has 1 saturated heterocycles. The molecule has 2 aromatic rings. The van der Waals surface area contributed by atoms with Crippen LogP contribution in [0, 0.1) is 5.41 Å². The summed E-state index contributed by atoms with van der Waals surface area (Å²) in [6.45, 7) is 3.82. The van der Waals surface area contributed by atoms with Crippen LogP contribution < -0.4 is 0 Å². The van der Waals surface area contributed by atoms with Gasteiger partial charge in [-0.2, -0.15) is 0 Å². The summed E-state index contributed by atoms with van der Waals surface area (Å²) < 4.78 is 28.1. The Balaban J connectivity index is 1.51. The Morgan fingerprint density at radius 2 is 1.85 bits per heavy atom. The van der Waals surface area contributed by atoms with Gasteiger partial charge in [-0.25, -0.2) is 17.7 Å². The zero-order valence-corrected chi connectivity index (χ0v) is 15.8. The van der Waals surface area contributed by atoms with E-state index in [-0.39, 0.29) is 11.2 Å². The second kappa shape index (κ2) is 6.70. The van der Waals surface area contributed by atoms with Crippen molar-refractivity contribution in [2.24, 2.45) is 5.41 Å². The molecule has 140 valence electrons. The number of nitrogens with zero attached hydrogens (tertiary/aromatic N) is 6. The number of piperidine rings is 1. The molecule has 2 aliphatic heterocycles. The van der Waals surface area contributed by atoms with Gasteiger partial charge in [-0.1, -0.05) is 0 Å². The van der Waals surface area contributed by atoms with Crippen LogP contribution in [0.2, 0.25) is 0 Å². The summed E-state index contributed by atoms with van der Waals surface area (Å²) in [6, 6.07) is 0. The van der Waals surface area contributed by atoms with Gasteiger partial charge in [-0.05, 0) is 38.0 Å². The van der Waals surface area contributed by atoms with Crippen LogP contribution in [0.5, 0.6) is 0 Å². The molecular weight excluding hydrogens is 352 g/mol. The molecular formula is C17H24N6O2S. The van der Waals surface area contributed by atoms with Crippen LogP contribution in [0.15, 0.2) is 18.6 Å². The number of hydrogen-bond donors (Lipinski definition) is 0. The molecule has 26 heavy (non-hydrogen) atoms. The van der Waals surface area contributed by atoms with Crippen molar-refractivity contribution in [3.63, 3.8) is 0 Å². The third-order valence-corrected chi connectivity index (χ3v) is 7.79. The van der Waals surface area contributed by atoms with Gasteiger partial charge in [-0.15, -0.1) is 10.2 Å². The molecule has 4 rings (SSSR count). The molecule has 1 fully saturated rings. The molecule has 0 atom stereocenters. The van der Waals surface area contributed by atoms with Gasteiger partial charge in [0.1, 0.15) is 11.5 Å². The zero-order chi connectivity index (χ0) is 18.2. The summed E-state index contributed by atoms with van der Waals surface area (Å²) in [5.41, 5.74) is 0.936. The fourth-order valence-electron chi connectivity index (χ4n) is 4.13. The van der Waals surface area contributed by atoms with Crippen molar-refractivity contribution in [3.05, 3.63) is 24.4 Å². The van der Waals surface area contributed by atoms with Crippen molar-refractivity contribution < 1.29 is 8.42 Å². The average Bonchev–Trinajstić information content (AvgIpc) is 3.01. The van der Waals surface area contributed by atoms with Crippen molar-refractivity contribution in [2.45, 2.75) is 45.6 Å². The van der Waals surface area contributed by atoms with Crippen LogP contribution in [-0.2, 0) is 23.0 Å². The van der Waals surface area contributed by atoms with Crippen LogP contribution in [0.1, 0.15) is 38.4 Å².